The summed E-state index contributed by atoms with van der Waals surface area (Å²) in [6, 6.07) is 9.39. The maximum absolute atomic E-state index is 13.0. The number of nitrogens with one attached hydrogen (secondary N) is 1. The van der Waals surface area contributed by atoms with Crippen LogP contribution in [0.2, 0.25) is 5.02 Å². The van der Waals surface area contributed by atoms with E-state index >= 15 is 0 Å². The van der Waals surface area contributed by atoms with Crippen LogP contribution in [0.1, 0.15) is 31.2 Å². The minimum Gasteiger partial charge on any atom is -0.495 e. The molecule has 5 heteroatoms. The molecule has 3 rings (SSSR count). The number of ether oxygens (including phenoxy) is 1. The molecule has 0 bridgehead atoms. The molecule has 0 saturated heterocycles. The molecule has 23 heavy (non-hydrogen) atoms. The molecule has 0 unspecified atom stereocenters. The van der Waals surface area contributed by atoms with E-state index in [-0.39, 0.29) is 5.91 Å². The number of methoxy groups -OCH3 is 1. The van der Waals surface area contributed by atoms with E-state index in [2.05, 4.69) is 10.3 Å². The van der Waals surface area contributed by atoms with E-state index in [0.29, 0.717) is 16.5 Å². The molecule has 1 N–H and O–H groups in total. The predicted molar refractivity (Wildman–Crippen MR) is 91.0 cm³/mol. The van der Waals surface area contributed by atoms with E-state index in [0.717, 1.165) is 31.2 Å². The SMILES string of the molecule is COc1cncc(NC(=O)C2(c3cccc(Cl)c3)CCCC2)c1. The average Bonchev–Trinajstić information content (AvgIpc) is 3.06. The van der Waals surface area contributed by atoms with E-state index in [1.54, 1.807) is 25.6 Å². The Labute approximate surface area is 140 Å². The monoisotopic (exact) mass is 330 g/mol. The molecule has 0 aliphatic heterocycles. The molecule has 4 nitrogen and oxygen atoms in total. The first kappa shape index (κ1) is 15.8. The highest BCUT2D eigenvalue weighted by molar-refractivity contribution is 6.30. The Morgan fingerprint density at radius 1 is 1.26 bits per heavy atom. The minimum absolute atomic E-state index is 0.00711. The zero-order chi connectivity index (χ0) is 16.3. The highest BCUT2D eigenvalue weighted by atomic mass is 35.5. The van der Waals surface area contributed by atoms with Gasteiger partial charge in [-0.15, -0.1) is 0 Å². The molecule has 1 aliphatic carbocycles. The number of nitrogens with zero attached hydrogens (tertiary/aromatic N) is 1. The van der Waals surface area contributed by atoms with E-state index in [1.807, 2.05) is 24.3 Å². The number of amides is 1. The molecular formula is C18H19ClN2O2. The van der Waals surface area contributed by atoms with Crippen LogP contribution in [0.25, 0.3) is 0 Å². The van der Waals surface area contributed by atoms with Gasteiger partial charge in [-0.25, -0.2) is 0 Å². The molecular weight excluding hydrogens is 312 g/mol. The molecule has 1 aliphatic rings. The smallest absolute Gasteiger partial charge is 0.235 e. The zero-order valence-electron chi connectivity index (χ0n) is 13.0. The van der Waals surface area contributed by atoms with Crippen molar-refractivity contribution in [2.24, 2.45) is 0 Å². The zero-order valence-corrected chi connectivity index (χ0v) is 13.8. The number of pyridine rings is 1. The fourth-order valence-corrected chi connectivity index (χ4v) is 3.45. The van der Waals surface area contributed by atoms with Crippen molar-refractivity contribution in [2.75, 3.05) is 12.4 Å². The van der Waals surface area contributed by atoms with Gasteiger partial charge in [0.15, 0.2) is 0 Å². The number of rotatable bonds is 4. The molecule has 120 valence electrons. The van der Waals surface area contributed by atoms with Gasteiger partial charge < -0.3 is 10.1 Å². The van der Waals surface area contributed by atoms with Gasteiger partial charge in [0.2, 0.25) is 5.91 Å². The summed E-state index contributed by atoms with van der Waals surface area (Å²) in [6.07, 6.45) is 6.97. The Kier molecular flexibility index (Phi) is 4.53. The third-order valence-corrected chi connectivity index (χ3v) is 4.71. The predicted octanol–water partition coefficient (Wildman–Crippen LogP) is 4.19. The molecule has 1 aromatic heterocycles. The lowest BCUT2D eigenvalue weighted by Gasteiger charge is -2.28. The number of hydrogen-bond acceptors (Lipinski definition) is 3. The highest BCUT2D eigenvalue weighted by Crippen LogP contribution is 2.42. The van der Waals surface area contributed by atoms with Gasteiger partial charge in [-0.05, 0) is 30.5 Å². The van der Waals surface area contributed by atoms with Crippen LogP contribution >= 0.6 is 11.6 Å². The Balaban J connectivity index is 1.90. The quantitative estimate of drug-likeness (QED) is 0.914. The van der Waals surface area contributed by atoms with Gasteiger partial charge in [0.1, 0.15) is 5.75 Å². The van der Waals surface area contributed by atoms with E-state index in [9.17, 15) is 4.79 Å². The largest absolute Gasteiger partial charge is 0.495 e. The van der Waals surface area contributed by atoms with Crippen molar-refractivity contribution in [1.82, 2.24) is 4.98 Å². The fourth-order valence-electron chi connectivity index (χ4n) is 3.26. The van der Waals surface area contributed by atoms with Crippen molar-refractivity contribution in [3.05, 3.63) is 53.3 Å². The summed E-state index contributed by atoms with van der Waals surface area (Å²) in [4.78, 5) is 17.1. The second-order valence-electron chi connectivity index (χ2n) is 5.87. The summed E-state index contributed by atoms with van der Waals surface area (Å²) < 4.78 is 5.16. The van der Waals surface area contributed by atoms with Crippen LogP contribution in [0.5, 0.6) is 5.75 Å². The number of carbonyl (C=O) groups excluding carboxylic acids is 1. The van der Waals surface area contributed by atoms with Crippen molar-refractivity contribution in [1.29, 1.82) is 0 Å². The van der Waals surface area contributed by atoms with Crippen molar-refractivity contribution in [2.45, 2.75) is 31.1 Å². The molecule has 0 spiro atoms. The maximum Gasteiger partial charge on any atom is 0.235 e. The van der Waals surface area contributed by atoms with Gasteiger partial charge in [-0.2, -0.15) is 0 Å². The van der Waals surface area contributed by atoms with E-state index in [4.69, 9.17) is 16.3 Å². The first-order valence-corrected chi connectivity index (χ1v) is 8.08. The molecule has 1 amide bonds. The number of carbonyl (C=O) groups is 1. The maximum atomic E-state index is 13.0. The number of aromatic nitrogens is 1. The second-order valence-corrected chi connectivity index (χ2v) is 6.30. The number of benzene rings is 1. The lowest BCUT2D eigenvalue weighted by molar-refractivity contribution is -0.121. The third kappa shape index (κ3) is 3.17. The first-order valence-electron chi connectivity index (χ1n) is 7.71. The average molecular weight is 331 g/mol. The van der Waals surface area contributed by atoms with E-state index < -0.39 is 5.41 Å². The number of anilines is 1. The molecule has 2 aromatic rings. The van der Waals surface area contributed by atoms with Gasteiger partial charge in [0, 0.05) is 11.1 Å². The van der Waals surface area contributed by atoms with Gasteiger partial charge in [0.05, 0.1) is 30.6 Å². The normalized spacial score (nSPS) is 16.1. The van der Waals surface area contributed by atoms with Gasteiger partial charge in [-0.3, -0.25) is 9.78 Å². The van der Waals surface area contributed by atoms with E-state index in [1.165, 1.54) is 0 Å². The number of hydrogen-bond donors (Lipinski definition) is 1. The van der Waals surface area contributed by atoms with Crippen LogP contribution in [-0.2, 0) is 10.2 Å². The van der Waals surface area contributed by atoms with Crippen LogP contribution in [0, 0.1) is 0 Å². The van der Waals surface area contributed by atoms with Crippen molar-refractivity contribution < 1.29 is 9.53 Å². The van der Waals surface area contributed by atoms with Crippen molar-refractivity contribution >= 4 is 23.2 Å². The van der Waals surface area contributed by atoms with Crippen LogP contribution in [0.3, 0.4) is 0 Å². The minimum atomic E-state index is -0.520. The summed E-state index contributed by atoms with van der Waals surface area (Å²) in [5, 5.41) is 3.65. The Hall–Kier alpha value is -2.07. The van der Waals surface area contributed by atoms with Crippen molar-refractivity contribution in [3.8, 4) is 5.75 Å². The molecule has 1 heterocycles. The summed E-state index contributed by atoms with van der Waals surface area (Å²) >= 11 is 6.13. The molecule has 1 aromatic carbocycles. The standard InChI is InChI=1S/C18H19ClN2O2/c1-23-16-10-15(11-20-12-16)21-17(22)18(7-2-3-8-18)13-5-4-6-14(19)9-13/h4-6,9-12H,2-3,7-8H2,1H3,(H,21,22). The Morgan fingerprint density at radius 3 is 2.74 bits per heavy atom. The Morgan fingerprint density at radius 2 is 2.04 bits per heavy atom. The lowest BCUT2D eigenvalue weighted by atomic mass is 9.78. The molecule has 1 saturated carbocycles. The Bertz CT molecular complexity index is 712. The number of halogens is 1. The fraction of sp³-hybridized carbons (Fsp3) is 0.333. The lowest BCUT2D eigenvalue weighted by Crippen LogP contribution is -2.38. The third-order valence-electron chi connectivity index (χ3n) is 4.48. The first-order chi connectivity index (χ1) is 11.1. The highest BCUT2D eigenvalue weighted by Gasteiger charge is 2.42. The molecule has 0 radical (unpaired) electrons. The van der Waals surface area contributed by atoms with Crippen molar-refractivity contribution in [3.63, 3.8) is 0 Å². The second kappa shape index (κ2) is 6.59. The summed E-state index contributed by atoms with van der Waals surface area (Å²) in [5.74, 6) is 0.610. The summed E-state index contributed by atoms with van der Waals surface area (Å²) in [5.41, 5.74) is 1.10. The van der Waals surface area contributed by atoms with Crippen LogP contribution in [-0.4, -0.2) is 18.0 Å². The van der Waals surface area contributed by atoms with Gasteiger partial charge >= 0.3 is 0 Å². The van der Waals surface area contributed by atoms with Crippen LogP contribution in [0.15, 0.2) is 42.7 Å². The summed E-state index contributed by atoms with van der Waals surface area (Å²) in [6.45, 7) is 0. The summed E-state index contributed by atoms with van der Waals surface area (Å²) in [7, 11) is 1.58. The van der Waals surface area contributed by atoms with Gasteiger partial charge in [-0.1, -0.05) is 36.6 Å². The van der Waals surface area contributed by atoms with Gasteiger partial charge in [0.25, 0.3) is 0 Å². The van der Waals surface area contributed by atoms with Crippen LogP contribution in [0.4, 0.5) is 5.69 Å². The molecule has 1 fully saturated rings. The van der Waals surface area contributed by atoms with Crippen LogP contribution < -0.4 is 10.1 Å². The molecule has 0 atom stereocenters. The topological polar surface area (TPSA) is 51.2 Å².